The van der Waals surface area contributed by atoms with Gasteiger partial charge in [-0.3, -0.25) is 14.4 Å². The van der Waals surface area contributed by atoms with E-state index in [1.807, 2.05) is 0 Å². The van der Waals surface area contributed by atoms with Crippen molar-refractivity contribution in [3.05, 3.63) is 24.3 Å². The molecule has 4 N–H and O–H groups in total. The van der Waals surface area contributed by atoms with E-state index < -0.39 is 5.91 Å². The highest BCUT2D eigenvalue weighted by Gasteiger charge is 2.18. The molecule has 0 saturated carbocycles. The molecule has 0 unspecified atom stereocenters. The van der Waals surface area contributed by atoms with E-state index in [-0.39, 0.29) is 30.6 Å². The van der Waals surface area contributed by atoms with Crippen LogP contribution < -0.4 is 21.2 Å². The molecule has 0 bridgehead atoms. The average molecular weight is 290 g/mol. The number of primary amides is 1. The third-order valence-corrected chi connectivity index (χ3v) is 2.66. The predicted octanol–water partition coefficient (Wildman–Crippen LogP) is -0.245. The molecule has 1 aliphatic rings. The first kappa shape index (κ1) is 14.5. The Morgan fingerprint density at radius 1 is 1.29 bits per heavy atom. The van der Waals surface area contributed by atoms with Crippen LogP contribution >= 0.6 is 0 Å². The van der Waals surface area contributed by atoms with Crippen molar-refractivity contribution in [2.75, 3.05) is 11.9 Å². The fourth-order valence-corrected chi connectivity index (χ4v) is 1.63. The van der Waals surface area contributed by atoms with Crippen molar-refractivity contribution in [1.29, 1.82) is 0 Å². The Balaban J connectivity index is 1.92. The molecule has 8 nitrogen and oxygen atoms in total. The molecule has 1 aliphatic heterocycles. The van der Waals surface area contributed by atoms with E-state index in [9.17, 15) is 14.4 Å². The molecule has 1 heterocycles. The van der Waals surface area contributed by atoms with E-state index in [0.29, 0.717) is 17.9 Å². The minimum atomic E-state index is -0.565. The summed E-state index contributed by atoms with van der Waals surface area (Å²) in [7, 11) is 0. The smallest absolute Gasteiger partial charge is 0.271 e. The Morgan fingerprint density at radius 3 is 2.57 bits per heavy atom. The normalized spacial score (nSPS) is 13.9. The lowest BCUT2D eigenvalue weighted by Crippen LogP contribution is -2.32. The highest BCUT2D eigenvalue weighted by molar-refractivity contribution is 6.43. The number of hydrazone groups is 1. The summed E-state index contributed by atoms with van der Waals surface area (Å²) in [6, 6.07) is 6.44. The maximum atomic E-state index is 11.9. The van der Waals surface area contributed by atoms with Gasteiger partial charge in [0.2, 0.25) is 5.91 Å². The van der Waals surface area contributed by atoms with Gasteiger partial charge in [-0.15, -0.1) is 0 Å². The van der Waals surface area contributed by atoms with Crippen LogP contribution in [0.5, 0.6) is 5.75 Å². The summed E-state index contributed by atoms with van der Waals surface area (Å²) in [6.07, 6.45) is 0.545. The number of carbonyl (C=O) groups is 3. The molecular weight excluding hydrogens is 276 g/mol. The Labute approximate surface area is 120 Å². The van der Waals surface area contributed by atoms with Crippen LogP contribution in [0.2, 0.25) is 0 Å². The molecule has 1 aromatic rings. The highest BCUT2D eigenvalue weighted by atomic mass is 16.5. The number of hydrogen-bond donors (Lipinski definition) is 3. The van der Waals surface area contributed by atoms with Crippen molar-refractivity contribution in [1.82, 2.24) is 5.43 Å². The minimum absolute atomic E-state index is 0.206. The molecule has 0 fully saturated rings. The van der Waals surface area contributed by atoms with Gasteiger partial charge in [-0.2, -0.15) is 5.10 Å². The second-order valence-electron chi connectivity index (χ2n) is 4.33. The molecule has 0 spiro atoms. The second-order valence-corrected chi connectivity index (χ2v) is 4.33. The molecule has 1 aromatic carbocycles. The highest BCUT2D eigenvalue weighted by Crippen LogP contribution is 2.16. The number of nitrogens with two attached hydrogens (primary N) is 1. The van der Waals surface area contributed by atoms with Crippen molar-refractivity contribution in [2.24, 2.45) is 10.8 Å². The maximum absolute atomic E-state index is 11.9. The molecule has 0 atom stereocenters. The van der Waals surface area contributed by atoms with Gasteiger partial charge in [-0.05, 0) is 24.3 Å². The summed E-state index contributed by atoms with van der Waals surface area (Å²) in [4.78, 5) is 33.4. The number of nitrogens with one attached hydrogen (secondary N) is 2. The van der Waals surface area contributed by atoms with Crippen LogP contribution in [0, 0.1) is 0 Å². The molecule has 21 heavy (non-hydrogen) atoms. The van der Waals surface area contributed by atoms with Gasteiger partial charge < -0.3 is 15.8 Å². The second kappa shape index (κ2) is 6.51. The topological polar surface area (TPSA) is 123 Å². The first-order valence-electron chi connectivity index (χ1n) is 6.22. The monoisotopic (exact) mass is 290 g/mol. The Morgan fingerprint density at radius 2 is 2.00 bits per heavy atom. The Kier molecular flexibility index (Phi) is 4.50. The Hall–Kier alpha value is -2.90. The minimum Gasteiger partial charge on any atom is -0.484 e. The third kappa shape index (κ3) is 4.30. The molecule has 3 amide bonds. The molecule has 0 aliphatic carbocycles. The number of carbonyl (C=O) groups excluding carboxylic acids is 3. The fraction of sp³-hybridized carbons (Fsp3) is 0.231. The zero-order chi connectivity index (χ0) is 15.2. The zero-order valence-corrected chi connectivity index (χ0v) is 11.1. The van der Waals surface area contributed by atoms with Gasteiger partial charge in [0.25, 0.3) is 11.8 Å². The molecule has 0 radical (unpaired) electrons. The van der Waals surface area contributed by atoms with Crippen LogP contribution in [-0.4, -0.2) is 30.0 Å². The van der Waals surface area contributed by atoms with Gasteiger partial charge >= 0.3 is 0 Å². The van der Waals surface area contributed by atoms with Gasteiger partial charge in [-0.25, -0.2) is 5.43 Å². The zero-order valence-electron chi connectivity index (χ0n) is 11.1. The van der Waals surface area contributed by atoms with Crippen molar-refractivity contribution >= 4 is 29.1 Å². The maximum Gasteiger partial charge on any atom is 0.271 e. The number of amides is 3. The van der Waals surface area contributed by atoms with Gasteiger partial charge in [0, 0.05) is 18.5 Å². The lowest BCUT2D eigenvalue weighted by atomic mass is 10.1. The number of benzene rings is 1. The Bertz CT molecular complexity index is 595. The van der Waals surface area contributed by atoms with E-state index in [1.165, 1.54) is 0 Å². The van der Waals surface area contributed by atoms with Crippen LogP contribution in [-0.2, 0) is 14.4 Å². The van der Waals surface area contributed by atoms with Gasteiger partial charge in [0.1, 0.15) is 11.5 Å². The van der Waals surface area contributed by atoms with Crippen molar-refractivity contribution in [3.63, 3.8) is 0 Å². The largest absolute Gasteiger partial charge is 0.484 e. The summed E-state index contributed by atoms with van der Waals surface area (Å²) in [6.45, 7) is -0.206. The van der Waals surface area contributed by atoms with E-state index >= 15 is 0 Å². The fourth-order valence-electron chi connectivity index (χ4n) is 1.63. The van der Waals surface area contributed by atoms with Crippen LogP contribution in [0.3, 0.4) is 0 Å². The first-order chi connectivity index (χ1) is 10.0. The van der Waals surface area contributed by atoms with Crippen LogP contribution in [0.25, 0.3) is 0 Å². The number of rotatable bonds is 5. The summed E-state index contributed by atoms with van der Waals surface area (Å²) < 4.78 is 5.10. The van der Waals surface area contributed by atoms with Gasteiger partial charge in [-0.1, -0.05) is 0 Å². The predicted molar refractivity (Wildman–Crippen MR) is 74.6 cm³/mol. The third-order valence-electron chi connectivity index (χ3n) is 2.66. The SMILES string of the molecule is NC(=O)COc1ccc(NC(=O)C2=NNC(=O)CC2)cc1. The molecule has 110 valence electrons. The van der Waals surface area contributed by atoms with Crippen molar-refractivity contribution in [2.45, 2.75) is 12.8 Å². The van der Waals surface area contributed by atoms with Crippen LogP contribution in [0.15, 0.2) is 29.4 Å². The van der Waals surface area contributed by atoms with Crippen molar-refractivity contribution < 1.29 is 19.1 Å². The number of hydrogen-bond acceptors (Lipinski definition) is 5. The number of anilines is 1. The molecule has 2 rings (SSSR count). The standard InChI is InChI=1S/C13H14N4O4/c14-11(18)7-21-9-3-1-8(2-4-9)15-13(20)10-5-6-12(19)17-16-10/h1-4H,5-7H2,(H2,14,18)(H,15,20)(H,17,19). The average Bonchev–Trinajstić information content (AvgIpc) is 2.47. The van der Waals surface area contributed by atoms with Crippen molar-refractivity contribution in [3.8, 4) is 5.75 Å². The first-order valence-corrected chi connectivity index (χ1v) is 6.22. The van der Waals surface area contributed by atoms with E-state index in [2.05, 4.69) is 15.8 Å². The van der Waals surface area contributed by atoms with E-state index in [0.717, 1.165) is 0 Å². The lowest BCUT2D eigenvalue weighted by molar-refractivity contribution is -0.121. The number of nitrogens with zero attached hydrogens (tertiary/aromatic N) is 1. The summed E-state index contributed by atoms with van der Waals surface area (Å²) in [5, 5.41) is 6.35. The van der Waals surface area contributed by atoms with Gasteiger partial charge in [0.15, 0.2) is 6.61 Å². The van der Waals surface area contributed by atoms with Crippen LogP contribution in [0.4, 0.5) is 5.69 Å². The summed E-state index contributed by atoms with van der Waals surface area (Å²) >= 11 is 0. The molecule has 0 saturated heterocycles. The quantitative estimate of drug-likeness (QED) is 0.692. The molecular formula is C13H14N4O4. The van der Waals surface area contributed by atoms with Gasteiger partial charge in [0.05, 0.1) is 0 Å². The van der Waals surface area contributed by atoms with E-state index in [4.69, 9.17) is 10.5 Å². The van der Waals surface area contributed by atoms with E-state index in [1.54, 1.807) is 24.3 Å². The van der Waals surface area contributed by atoms with Crippen LogP contribution in [0.1, 0.15) is 12.8 Å². The lowest BCUT2D eigenvalue weighted by Gasteiger charge is -2.12. The molecule has 8 heteroatoms. The molecule has 0 aromatic heterocycles. The summed E-state index contributed by atoms with van der Waals surface area (Å²) in [5.41, 5.74) is 8.04. The summed E-state index contributed by atoms with van der Waals surface area (Å²) in [5.74, 6) is -0.679. The number of ether oxygens (including phenoxy) is 1.